The Hall–Kier alpha value is -4.07. The summed E-state index contributed by atoms with van der Waals surface area (Å²) < 4.78 is 1.84. The SMILES string of the molecule is Cc1ccn2cc(-c3ccc(NC(=O)c4ccccc4[N+](=O)[O-])cc3)nc2n1. The van der Waals surface area contributed by atoms with Gasteiger partial charge < -0.3 is 5.32 Å². The van der Waals surface area contributed by atoms with E-state index in [2.05, 4.69) is 15.3 Å². The molecule has 2 aromatic heterocycles. The van der Waals surface area contributed by atoms with Gasteiger partial charge in [-0.1, -0.05) is 24.3 Å². The Morgan fingerprint density at radius 2 is 1.82 bits per heavy atom. The van der Waals surface area contributed by atoms with Crippen molar-refractivity contribution in [1.82, 2.24) is 14.4 Å². The zero-order chi connectivity index (χ0) is 19.7. The van der Waals surface area contributed by atoms with Crippen molar-refractivity contribution in [3.05, 3.63) is 88.4 Å². The molecule has 0 fully saturated rings. The summed E-state index contributed by atoms with van der Waals surface area (Å²) in [5.74, 6) is 0.0798. The Morgan fingerprint density at radius 1 is 1.07 bits per heavy atom. The highest BCUT2D eigenvalue weighted by Crippen LogP contribution is 2.23. The van der Waals surface area contributed by atoms with Crippen LogP contribution >= 0.6 is 0 Å². The summed E-state index contributed by atoms with van der Waals surface area (Å²) in [6, 6.07) is 14.8. The number of aryl methyl sites for hydroxylation is 1. The van der Waals surface area contributed by atoms with Gasteiger partial charge >= 0.3 is 0 Å². The van der Waals surface area contributed by atoms with Gasteiger partial charge in [0, 0.05) is 35.4 Å². The number of carbonyl (C=O) groups excluding carboxylic acids is 1. The van der Waals surface area contributed by atoms with E-state index in [0.717, 1.165) is 17.0 Å². The van der Waals surface area contributed by atoms with Gasteiger partial charge in [0.1, 0.15) is 5.56 Å². The molecule has 0 saturated carbocycles. The second-order valence-corrected chi connectivity index (χ2v) is 6.21. The van der Waals surface area contributed by atoms with Crippen molar-refractivity contribution in [1.29, 1.82) is 0 Å². The molecule has 8 nitrogen and oxygen atoms in total. The number of para-hydroxylation sites is 1. The molecule has 2 aromatic carbocycles. The van der Waals surface area contributed by atoms with E-state index in [-0.39, 0.29) is 11.3 Å². The van der Waals surface area contributed by atoms with Crippen LogP contribution < -0.4 is 5.32 Å². The number of fused-ring (bicyclic) bond motifs is 1. The number of carbonyl (C=O) groups is 1. The standard InChI is InChI=1S/C20H15N5O3/c1-13-10-11-24-12-17(23-20(24)21-13)14-6-8-15(9-7-14)22-19(26)16-4-2-3-5-18(16)25(27)28/h2-12H,1H3,(H,22,26). The quantitative estimate of drug-likeness (QED) is 0.432. The lowest BCUT2D eigenvalue weighted by atomic mass is 10.1. The van der Waals surface area contributed by atoms with Crippen molar-refractivity contribution in [2.75, 3.05) is 5.32 Å². The maximum atomic E-state index is 12.4. The summed E-state index contributed by atoms with van der Waals surface area (Å²) in [4.78, 5) is 31.8. The van der Waals surface area contributed by atoms with E-state index in [1.165, 1.54) is 18.2 Å². The maximum Gasteiger partial charge on any atom is 0.282 e. The smallest absolute Gasteiger partial charge is 0.282 e. The molecule has 28 heavy (non-hydrogen) atoms. The minimum Gasteiger partial charge on any atom is -0.322 e. The van der Waals surface area contributed by atoms with Crippen LogP contribution in [0.5, 0.6) is 0 Å². The monoisotopic (exact) mass is 373 g/mol. The average molecular weight is 373 g/mol. The van der Waals surface area contributed by atoms with Crippen molar-refractivity contribution in [2.24, 2.45) is 0 Å². The molecule has 0 aliphatic carbocycles. The molecule has 0 aliphatic rings. The van der Waals surface area contributed by atoms with Crippen LogP contribution in [0.3, 0.4) is 0 Å². The van der Waals surface area contributed by atoms with Crippen molar-refractivity contribution in [2.45, 2.75) is 6.92 Å². The number of hydrogen-bond acceptors (Lipinski definition) is 5. The number of aromatic nitrogens is 3. The molecule has 0 aliphatic heterocycles. The first-order valence-corrected chi connectivity index (χ1v) is 8.49. The number of imidazole rings is 1. The van der Waals surface area contributed by atoms with Crippen molar-refractivity contribution < 1.29 is 9.72 Å². The zero-order valence-corrected chi connectivity index (χ0v) is 14.9. The molecule has 0 unspecified atom stereocenters. The van der Waals surface area contributed by atoms with Crippen LogP contribution in [0.4, 0.5) is 11.4 Å². The molecular formula is C20H15N5O3. The van der Waals surface area contributed by atoms with Gasteiger partial charge in [-0.3, -0.25) is 19.3 Å². The van der Waals surface area contributed by atoms with Crippen LogP contribution in [-0.4, -0.2) is 25.2 Å². The third-order valence-electron chi connectivity index (χ3n) is 4.25. The Labute approximate surface area is 159 Å². The molecular weight excluding hydrogens is 358 g/mol. The number of nitro benzene ring substituents is 1. The second kappa shape index (κ2) is 6.92. The lowest BCUT2D eigenvalue weighted by Crippen LogP contribution is -2.13. The first kappa shape index (κ1) is 17.3. The van der Waals surface area contributed by atoms with Gasteiger partial charge in [0.15, 0.2) is 0 Å². The van der Waals surface area contributed by atoms with E-state index in [0.29, 0.717) is 11.5 Å². The fraction of sp³-hybridized carbons (Fsp3) is 0.0500. The molecule has 0 atom stereocenters. The van der Waals surface area contributed by atoms with Gasteiger partial charge in [0.05, 0.1) is 10.6 Å². The molecule has 2 heterocycles. The first-order chi connectivity index (χ1) is 13.5. The number of amides is 1. The third-order valence-corrected chi connectivity index (χ3v) is 4.25. The highest BCUT2D eigenvalue weighted by atomic mass is 16.6. The Kier molecular flexibility index (Phi) is 4.29. The van der Waals surface area contributed by atoms with Gasteiger partial charge in [-0.2, -0.15) is 0 Å². The van der Waals surface area contributed by atoms with E-state index in [1.54, 1.807) is 18.2 Å². The van der Waals surface area contributed by atoms with Crippen molar-refractivity contribution >= 4 is 23.1 Å². The molecule has 0 radical (unpaired) electrons. The van der Waals surface area contributed by atoms with Crippen molar-refractivity contribution in [3.8, 4) is 11.3 Å². The topological polar surface area (TPSA) is 102 Å². The highest BCUT2D eigenvalue weighted by Gasteiger charge is 2.19. The van der Waals surface area contributed by atoms with Crippen LogP contribution in [-0.2, 0) is 0 Å². The van der Waals surface area contributed by atoms with Crippen molar-refractivity contribution in [3.63, 3.8) is 0 Å². The Balaban J connectivity index is 1.56. The molecule has 1 amide bonds. The van der Waals surface area contributed by atoms with Gasteiger partial charge in [0.2, 0.25) is 5.78 Å². The fourth-order valence-corrected chi connectivity index (χ4v) is 2.85. The Bertz CT molecular complexity index is 1200. The van der Waals surface area contributed by atoms with E-state index >= 15 is 0 Å². The molecule has 0 saturated heterocycles. The number of nitrogens with zero attached hydrogens (tertiary/aromatic N) is 4. The summed E-state index contributed by atoms with van der Waals surface area (Å²) in [5.41, 5.74) is 2.83. The Morgan fingerprint density at radius 3 is 2.57 bits per heavy atom. The van der Waals surface area contributed by atoms with E-state index in [4.69, 9.17) is 0 Å². The molecule has 8 heteroatoms. The summed E-state index contributed by atoms with van der Waals surface area (Å²) in [6.45, 7) is 1.91. The molecule has 0 bridgehead atoms. The minimum absolute atomic E-state index is 0.0124. The number of rotatable bonds is 4. The number of benzene rings is 2. The second-order valence-electron chi connectivity index (χ2n) is 6.21. The van der Waals surface area contributed by atoms with E-state index in [1.807, 2.05) is 41.9 Å². The van der Waals surface area contributed by atoms with Gasteiger partial charge in [0.25, 0.3) is 11.6 Å². The normalized spacial score (nSPS) is 10.8. The predicted octanol–water partition coefficient (Wildman–Crippen LogP) is 3.87. The van der Waals surface area contributed by atoms with Crippen LogP contribution in [0.15, 0.2) is 67.0 Å². The van der Waals surface area contributed by atoms with E-state index < -0.39 is 10.8 Å². The molecule has 138 valence electrons. The number of hydrogen-bond donors (Lipinski definition) is 1. The summed E-state index contributed by atoms with van der Waals surface area (Å²) in [7, 11) is 0. The lowest BCUT2D eigenvalue weighted by molar-refractivity contribution is -0.385. The minimum atomic E-state index is -0.572. The summed E-state index contributed by atoms with van der Waals surface area (Å²) in [5, 5.41) is 13.8. The number of nitro groups is 1. The summed E-state index contributed by atoms with van der Waals surface area (Å²) in [6.07, 6.45) is 3.78. The zero-order valence-electron chi connectivity index (χ0n) is 14.9. The molecule has 4 aromatic rings. The third kappa shape index (κ3) is 3.30. The van der Waals surface area contributed by atoms with Gasteiger partial charge in [-0.25, -0.2) is 9.97 Å². The predicted molar refractivity (Wildman–Crippen MR) is 104 cm³/mol. The largest absolute Gasteiger partial charge is 0.322 e. The number of nitrogens with one attached hydrogen (secondary N) is 1. The van der Waals surface area contributed by atoms with Crippen LogP contribution in [0.2, 0.25) is 0 Å². The first-order valence-electron chi connectivity index (χ1n) is 8.49. The molecule has 4 rings (SSSR count). The maximum absolute atomic E-state index is 12.4. The molecule has 0 spiro atoms. The molecule has 1 N–H and O–H groups in total. The average Bonchev–Trinajstić information content (AvgIpc) is 3.11. The van der Waals surface area contributed by atoms with Gasteiger partial charge in [-0.05, 0) is 31.2 Å². The van der Waals surface area contributed by atoms with Gasteiger partial charge in [-0.15, -0.1) is 0 Å². The lowest BCUT2D eigenvalue weighted by Gasteiger charge is -2.06. The highest BCUT2D eigenvalue weighted by molar-refractivity contribution is 6.07. The van der Waals surface area contributed by atoms with E-state index in [9.17, 15) is 14.9 Å². The number of anilines is 1. The van der Waals surface area contributed by atoms with Crippen LogP contribution in [0.1, 0.15) is 16.1 Å². The fourth-order valence-electron chi connectivity index (χ4n) is 2.85. The summed E-state index contributed by atoms with van der Waals surface area (Å²) >= 11 is 0. The van der Waals surface area contributed by atoms with Crippen LogP contribution in [0.25, 0.3) is 17.0 Å². The van der Waals surface area contributed by atoms with Crippen LogP contribution in [0, 0.1) is 17.0 Å².